The lowest BCUT2D eigenvalue weighted by Crippen LogP contribution is -2.44. The zero-order valence-electron chi connectivity index (χ0n) is 15.4. The number of primary amides is 1. The second-order valence-corrected chi connectivity index (χ2v) is 6.12. The molecule has 0 heterocycles. The molecular weight excluding hydrogens is 360 g/mol. The monoisotopic (exact) mass is 382 g/mol. The van der Waals surface area contributed by atoms with Gasteiger partial charge in [-0.2, -0.15) is 0 Å². The van der Waals surface area contributed by atoms with Gasteiger partial charge in [0.05, 0.1) is 6.54 Å². The molecule has 2 rings (SSSR count). The highest BCUT2D eigenvalue weighted by Crippen LogP contribution is 2.05. The number of hydrogen-bond donors (Lipinski definition) is 4. The van der Waals surface area contributed by atoms with Crippen LogP contribution in [0.5, 0.6) is 0 Å². The molecule has 0 saturated heterocycles. The molecule has 1 unspecified atom stereocenters. The summed E-state index contributed by atoms with van der Waals surface area (Å²) in [7, 11) is 0. The van der Waals surface area contributed by atoms with Crippen LogP contribution >= 0.6 is 0 Å². The second-order valence-electron chi connectivity index (χ2n) is 6.12. The van der Waals surface area contributed by atoms with Gasteiger partial charge < -0.3 is 21.7 Å². The van der Waals surface area contributed by atoms with E-state index in [2.05, 4.69) is 16.0 Å². The van der Waals surface area contributed by atoms with Crippen LogP contribution in [0.15, 0.2) is 54.6 Å². The minimum atomic E-state index is -0.702. The third-order valence-electron chi connectivity index (χ3n) is 3.88. The van der Waals surface area contributed by atoms with Crippen molar-refractivity contribution >= 4 is 23.6 Å². The van der Waals surface area contributed by atoms with E-state index in [9.17, 15) is 19.2 Å². The SMILES string of the molecule is CC(NC(=O)c1ccccc1)C(=O)NCc1ccc(C(=O)NCC(N)=O)cc1. The summed E-state index contributed by atoms with van der Waals surface area (Å²) in [6, 6.07) is 14.5. The van der Waals surface area contributed by atoms with Crippen LogP contribution < -0.4 is 21.7 Å². The van der Waals surface area contributed by atoms with E-state index in [1.54, 1.807) is 61.5 Å². The van der Waals surface area contributed by atoms with Gasteiger partial charge >= 0.3 is 0 Å². The van der Waals surface area contributed by atoms with Gasteiger partial charge in [0, 0.05) is 17.7 Å². The Bertz CT molecular complexity index is 850. The summed E-state index contributed by atoms with van der Waals surface area (Å²) in [6.07, 6.45) is 0. The predicted molar refractivity (Wildman–Crippen MR) is 103 cm³/mol. The van der Waals surface area contributed by atoms with E-state index in [1.807, 2.05) is 0 Å². The highest BCUT2D eigenvalue weighted by molar-refractivity contribution is 5.97. The predicted octanol–water partition coefficient (Wildman–Crippen LogP) is 0.336. The average molecular weight is 382 g/mol. The maximum absolute atomic E-state index is 12.2. The van der Waals surface area contributed by atoms with Crippen molar-refractivity contribution in [3.8, 4) is 0 Å². The molecule has 28 heavy (non-hydrogen) atoms. The van der Waals surface area contributed by atoms with Gasteiger partial charge in [-0.05, 0) is 36.8 Å². The number of hydrogen-bond acceptors (Lipinski definition) is 4. The van der Waals surface area contributed by atoms with Crippen molar-refractivity contribution in [3.05, 3.63) is 71.3 Å². The molecule has 0 radical (unpaired) electrons. The topological polar surface area (TPSA) is 130 Å². The first kappa shape index (κ1) is 20.6. The zero-order chi connectivity index (χ0) is 20.5. The van der Waals surface area contributed by atoms with E-state index >= 15 is 0 Å². The van der Waals surface area contributed by atoms with Crippen LogP contribution in [0, 0.1) is 0 Å². The molecule has 0 aromatic heterocycles. The maximum Gasteiger partial charge on any atom is 0.251 e. The number of nitrogens with one attached hydrogen (secondary N) is 3. The lowest BCUT2D eigenvalue weighted by molar-refractivity contribution is -0.122. The Morgan fingerprint density at radius 2 is 1.46 bits per heavy atom. The largest absolute Gasteiger partial charge is 0.368 e. The molecule has 146 valence electrons. The van der Waals surface area contributed by atoms with Gasteiger partial charge in [-0.3, -0.25) is 19.2 Å². The van der Waals surface area contributed by atoms with E-state index in [-0.39, 0.29) is 24.9 Å². The van der Waals surface area contributed by atoms with Gasteiger partial charge in [-0.25, -0.2) is 0 Å². The molecule has 0 aliphatic carbocycles. The molecular formula is C20H22N4O4. The van der Waals surface area contributed by atoms with Crippen molar-refractivity contribution in [2.45, 2.75) is 19.5 Å². The molecule has 0 fully saturated rings. The zero-order valence-corrected chi connectivity index (χ0v) is 15.4. The minimum Gasteiger partial charge on any atom is -0.368 e. The Kier molecular flexibility index (Phi) is 7.27. The van der Waals surface area contributed by atoms with Gasteiger partial charge in [-0.1, -0.05) is 30.3 Å². The van der Waals surface area contributed by atoms with Crippen molar-refractivity contribution in [1.82, 2.24) is 16.0 Å². The molecule has 5 N–H and O–H groups in total. The summed E-state index contributed by atoms with van der Waals surface area (Å²) in [4.78, 5) is 46.7. The molecule has 0 spiro atoms. The first-order chi connectivity index (χ1) is 13.4. The van der Waals surface area contributed by atoms with Crippen LogP contribution in [0.4, 0.5) is 0 Å². The lowest BCUT2D eigenvalue weighted by atomic mass is 10.1. The van der Waals surface area contributed by atoms with Crippen LogP contribution in [0.25, 0.3) is 0 Å². The number of benzene rings is 2. The molecule has 0 aliphatic rings. The molecule has 0 bridgehead atoms. The normalized spacial score (nSPS) is 11.2. The fraction of sp³-hybridized carbons (Fsp3) is 0.200. The average Bonchev–Trinajstić information content (AvgIpc) is 2.71. The number of rotatable bonds is 8. The van der Waals surface area contributed by atoms with Crippen LogP contribution in [0.2, 0.25) is 0 Å². The molecule has 4 amide bonds. The highest BCUT2D eigenvalue weighted by Gasteiger charge is 2.16. The molecule has 0 saturated carbocycles. The Labute approximate surface area is 162 Å². The first-order valence-electron chi connectivity index (χ1n) is 8.66. The lowest BCUT2D eigenvalue weighted by Gasteiger charge is -2.14. The fourth-order valence-electron chi connectivity index (χ4n) is 2.32. The number of carbonyl (C=O) groups excluding carboxylic acids is 4. The van der Waals surface area contributed by atoms with E-state index in [4.69, 9.17) is 5.73 Å². The Hall–Kier alpha value is -3.68. The third kappa shape index (κ3) is 6.24. The minimum absolute atomic E-state index is 0.233. The number of carbonyl (C=O) groups is 4. The van der Waals surface area contributed by atoms with Gasteiger partial charge in [-0.15, -0.1) is 0 Å². The first-order valence-corrected chi connectivity index (χ1v) is 8.66. The summed E-state index contributed by atoms with van der Waals surface area (Å²) in [5.74, 6) is -1.69. The number of nitrogens with two attached hydrogens (primary N) is 1. The molecule has 8 heteroatoms. The van der Waals surface area contributed by atoms with E-state index < -0.39 is 17.9 Å². The van der Waals surface area contributed by atoms with Crippen LogP contribution in [-0.4, -0.2) is 36.2 Å². The Morgan fingerprint density at radius 1 is 0.857 bits per heavy atom. The quantitative estimate of drug-likeness (QED) is 0.524. The summed E-state index contributed by atoms with van der Waals surface area (Å²) < 4.78 is 0. The maximum atomic E-state index is 12.2. The highest BCUT2D eigenvalue weighted by atomic mass is 16.2. The van der Waals surface area contributed by atoms with Crippen molar-refractivity contribution in [3.63, 3.8) is 0 Å². The van der Waals surface area contributed by atoms with Gasteiger partial charge in [0.15, 0.2) is 0 Å². The number of amides is 4. The summed E-state index contributed by atoms with van der Waals surface area (Å²) in [5.41, 5.74) is 6.61. The fourth-order valence-corrected chi connectivity index (χ4v) is 2.32. The molecule has 2 aromatic rings. The smallest absolute Gasteiger partial charge is 0.251 e. The molecule has 1 atom stereocenters. The van der Waals surface area contributed by atoms with E-state index in [1.165, 1.54) is 0 Å². The summed E-state index contributed by atoms with van der Waals surface area (Å²) >= 11 is 0. The van der Waals surface area contributed by atoms with Crippen molar-refractivity contribution in [2.24, 2.45) is 5.73 Å². The van der Waals surface area contributed by atoms with Crippen LogP contribution in [0.1, 0.15) is 33.2 Å². The standard InChI is InChI=1S/C20H22N4O4/c1-13(24-20(28)15-5-3-2-4-6-15)18(26)22-11-14-7-9-16(10-8-14)19(27)23-12-17(21)25/h2-10,13H,11-12H2,1H3,(H2,21,25)(H,22,26)(H,23,27)(H,24,28). The third-order valence-corrected chi connectivity index (χ3v) is 3.88. The van der Waals surface area contributed by atoms with Gasteiger partial charge in [0.1, 0.15) is 6.04 Å². The summed E-state index contributed by atoms with van der Waals surface area (Å²) in [5, 5.41) is 7.76. The van der Waals surface area contributed by atoms with Crippen LogP contribution in [0.3, 0.4) is 0 Å². The van der Waals surface area contributed by atoms with Crippen molar-refractivity contribution < 1.29 is 19.2 Å². The van der Waals surface area contributed by atoms with Crippen molar-refractivity contribution in [2.75, 3.05) is 6.54 Å². The summed E-state index contributed by atoms with van der Waals surface area (Å²) in [6.45, 7) is 1.61. The van der Waals surface area contributed by atoms with E-state index in [0.717, 1.165) is 5.56 Å². The van der Waals surface area contributed by atoms with E-state index in [0.29, 0.717) is 11.1 Å². The van der Waals surface area contributed by atoms with Crippen LogP contribution in [-0.2, 0) is 16.1 Å². The van der Waals surface area contributed by atoms with Gasteiger partial charge in [0.25, 0.3) is 11.8 Å². The Balaban J connectivity index is 1.82. The molecule has 2 aromatic carbocycles. The second kappa shape index (κ2) is 9.86. The Morgan fingerprint density at radius 3 is 2.07 bits per heavy atom. The molecule has 8 nitrogen and oxygen atoms in total. The molecule has 0 aliphatic heterocycles. The van der Waals surface area contributed by atoms with Gasteiger partial charge in [0.2, 0.25) is 11.8 Å². The van der Waals surface area contributed by atoms with Crippen molar-refractivity contribution in [1.29, 1.82) is 0 Å².